The Labute approximate surface area is 174 Å². The highest BCUT2D eigenvalue weighted by Gasteiger charge is 2.40. The molecule has 0 spiro atoms. The second kappa shape index (κ2) is 8.40. The van der Waals surface area contributed by atoms with Crippen LogP contribution in [0.2, 0.25) is 0 Å². The van der Waals surface area contributed by atoms with Crippen LogP contribution in [0.4, 0.5) is 5.69 Å². The van der Waals surface area contributed by atoms with Crippen LogP contribution in [0.3, 0.4) is 0 Å². The molecule has 158 valence electrons. The highest BCUT2D eigenvalue weighted by molar-refractivity contribution is 5.94. The van der Waals surface area contributed by atoms with E-state index in [0.29, 0.717) is 17.2 Å². The van der Waals surface area contributed by atoms with Gasteiger partial charge < -0.3 is 14.2 Å². The number of hydrogen-bond donors (Lipinski definition) is 0. The minimum atomic E-state index is -0.467. The van der Waals surface area contributed by atoms with Gasteiger partial charge in [-0.05, 0) is 30.2 Å². The van der Waals surface area contributed by atoms with Gasteiger partial charge in [-0.3, -0.25) is 14.9 Å². The molecule has 2 aromatic rings. The molecule has 0 fully saturated rings. The van der Waals surface area contributed by atoms with E-state index in [4.69, 9.17) is 14.2 Å². The van der Waals surface area contributed by atoms with Crippen molar-refractivity contribution >= 4 is 17.3 Å². The SMILES string of the molecule is COc1cc(C2C(C)=NN(C(C)=O)C2c2ccc([N+](=O)[O-])cc2)cc(OC)c1OC. The normalized spacial score (nSPS) is 18.0. The third kappa shape index (κ3) is 3.66. The van der Waals surface area contributed by atoms with Crippen LogP contribution in [0.1, 0.15) is 36.9 Å². The van der Waals surface area contributed by atoms with Gasteiger partial charge in [-0.15, -0.1) is 0 Å². The molecular weight excluding hydrogens is 390 g/mol. The van der Waals surface area contributed by atoms with E-state index in [9.17, 15) is 14.9 Å². The van der Waals surface area contributed by atoms with E-state index in [0.717, 1.165) is 16.8 Å². The average Bonchev–Trinajstić information content (AvgIpc) is 3.10. The summed E-state index contributed by atoms with van der Waals surface area (Å²) in [6.45, 7) is 3.28. The Morgan fingerprint density at radius 3 is 2.03 bits per heavy atom. The van der Waals surface area contributed by atoms with E-state index in [1.54, 1.807) is 12.1 Å². The fourth-order valence-corrected chi connectivity index (χ4v) is 3.76. The number of ether oxygens (including phenoxy) is 3. The molecule has 0 bridgehead atoms. The molecule has 0 N–H and O–H groups in total. The molecule has 30 heavy (non-hydrogen) atoms. The van der Waals surface area contributed by atoms with Crippen LogP contribution in [0.25, 0.3) is 0 Å². The summed E-state index contributed by atoms with van der Waals surface area (Å²) in [6, 6.07) is 9.34. The van der Waals surface area contributed by atoms with Crippen molar-refractivity contribution in [3.05, 3.63) is 57.6 Å². The summed E-state index contributed by atoms with van der Waals surface area (Å²) in [5, 5.41) is 16.9. The molecule has 9 heteroatoms. The third-order valence-electron chi connectivity index (χ3n) is 5.11. The predicted molar refractivity (Wildman–Crippen MR) is 110 cm³/mol. The van der Waals surface area contributed by atoms with E-state index >= 15 is 0 Å². The van der Waals surface area contributed by atoms with Gasteiger partial charge in [-0.2, -0.15) is 5.10 Å². The molecule has 1 amide bonds. The van der Waals surface area contributed by atoms with Crippen LogP contribution in [-0.2, 0) is 4.79 Å². The van der Waals surface area contributed by atoms with Crippen molar-refractivity contribution in [1.82, 2.24) is 5.01 Å². The molecule has 0 saturated carbocycles. The molecule has 0 aliphatic carbocycles. The van der Waals surface area contributed by atoms with E-state index < -0.39 is 11.0 Å². The Kier molecular flexibility index (Phi) is 5.91. The van der Waals surface area contributed by atoms with E-state index in [1.807, 2.05) is 19.1 Å². The zero-order chi connectivity index (χ0) is 22.0. The number of amides is 1. The van der Waals surface area contributed by atoms with Gasteiger partial charge in [-0.25, -0.2) is 5.01 Å². The topological polar surface area (TPSA) is 104 Å². The first kappa shape index (κ1) is 21.1. The highest BCUT2D eigenvalue weighted by atomic mass is 16.6. The monoisotopic (exact) mass is 413 g/mol. The number of non-ortho nitro benzene ring substituents is 1. The maximum Gasteiger partial charge on any atom is 0.269 e. The molecule has 2 atom stereocenters. The van der Waals surface area contributed by atoms with Crippen molar-refractivity contribution in [3.63, 3.8) is 0 Å². The number of nitro groups is 1. The van der Waals surface area contributed by atoms with Crippen molar-refractivity contribution in [3.8, 4) is 17.2 Å². The van der Waals surface area contributed by atoms with Crippen LogP contribution in [0, 0.1) is 10.1 Å². The Morgan fingerprint density at radius 1 is 1.03 bits per heavy atom. The van der Waals surface area contributed by atoms with Crippen molar-refractivity contribution in [2.75, 3.05) is 21.3 Å². The standard InChI is InChI=1S/C21H23N3O6/c1-12-19(15-10-17(28-3)21(30-5)18(11-15)29-4)20(23(22-12)13(2)25)14-6-8-16(9-7-14)24(26)27/h6-11,19-20H,1-5H3. The zero-order valence-corrected chi connectivity index (χ0v) is 17.4. The van der Waals surface area contributed by atoms with Gasteiger partial charge in [0.05, 0.1) is 38.2 Å². The average molecular weight is 413 g/mol. The minimum absolute atomic E-state index is 0.0203. The van der Waals surface area contributed by atoms with Crippen molar-refractivity contribution in [1.29, 1.82) is 0 Å². The maximum atomic E-state index is 12.3. The summed E-state index contributed by atoms with van der Waals surface area (Å²) in [7, 11) is 4.60. The van der Waals surface area contributed by atoms with Crippen LogP contribution in [0.15, 0.2) is 41.5 Å². The van der Waals surface area contributed by atoms with Crippen LogP contribution >= 0.6 is 0 Å². The lowest BCUT2D eigenvalue weighted by Crippen LogP contribution is -2.28. The molecule has 2 unspecified atom stereocenters. The first-order chi connectivity index (χ1) is 14.3. The van der Waals surface area contributed by atoms with Crippen molar-refractivity contribution in [2.45, 2.75) is 25.8 Å². The lowest BCUT2D eigenvalue weighted by atomic mass is 9.84. The molecular formula is C21H23N3O6. The van der Waals surface area contributed by atoms with Gasteiger partial charge in [0.15, 0.2) is 11.5 Å². The number of carbonyl (C=O) groups is 1. The lowest BCUT2D eigenvalue weighted by Gasteiger charge is -2.27. The lowest BCUT2D eigenvalue weighted by molar-refractivity contribution is -0.384. The Morgan fingerprint density at radius 2 is 1.60 bits per heavy atom. The van der Waals surface area contributed by atoms with Gasteiger partial charge in [-0.1, -0.05) is 12.1 Å². The van der Waals surface area contributed by atoms with Gasteiger partial charge >= 0.3 is 0 Å². The summed E-state index contributed by atoms with van der Waals surface area (Å²) in [5.74, 6) is 0.912. The zero-order valence-electron chi connectivity index (χ0n) is 17.4. The molecule has 0 aromatic heterocycles. The molecule has 1 aliphatic heterocycles. The number of methoxy groups -OCH3 is 3. The van der Waals surface area contributed by atoms with E-state index in [-0.39, 0.29) is 17.5 Å². The third-order valence-corrected chi connectivity index (χ3v) is 5.11. The second-order valence-electron chi connectivity index (χ2n) is 6.83. The molecule has 3 rings (SSSR count). The molecule has 2 aromatic carbocycles. The van der Waals surface area contributed by atoms with Gasteiger partial charge in [0.25, 0.3) is 5.69 Å². The quantitative estimate of drug-likeness (QED) is 0.529. The maximum absolute atomic E-state index is 12.3. The molecule has 1 heterocycles. The van der Waals surface area contributed by atoms with Crippen molar-refractivity contribution in [2.24, 2.45) is 5.10 Å². The molecule has 0 saturated heterocycles. The summed E-state index contributed by atoms with van der Waals surface area (Å²) >= 11 is 0. The van der Waals surface area contributed by atoms with Gasteiger partial charge in [0.1, 0.15) is 0 Å². The molecule has 0 radical (unpaired) electrons. The number of hydrazone groups is 1. The number of nitrogens with zero attached hydrogens (tertiary/aromatic N) is 3. The van der Waals surface area contributed by atoms with Crippen LogP contribution < -0.4 is 14.2 Å². The van der Waals surface area contributed by atoms with E-state index in [1.165, 1.54) is 45.4 Å². The van der Waals surface area contributed by atoms with Crippen LogP contribution in [-0.4, -0.2) is 42.9 Å². The Hall–Kier alpha value is -3.62. The van der Waals surface area contributed by atoms with Gasteiger partial charge in [0.2, 0.25) is 11.7 Å². The molecule has 9 nitrogen and oxygen atoms in total. The van der Waals surface area contributed by atoms with Crippen LogP contribution in [0.5, 0.6) is 17.2 Å². The number of carbonyl (C=O) groups excluding carboxylic acids is 1. The predicted octanol–water partition coefficient (Wildman–Crippen LogP) is 3.68. The smallest absolute Gasteiger partial charge is 0.269 e. The molecule has 1 aliphatic rings. The fourth-order valence-electron chi connectivity index (χ4n) is 3.76. The first-order valence-electron chi connectivity index (χ1n) is 9.21. The summed E-state index contributed by atoms with van der Waals surface area (Å²) in [5.41, 5.74) is 2.25. The summed E-state index contributed by atoms with van der Waals surface area (Å²) in [6.07, 6.45) is 0. The summed E-state index contributed by atoms with van der Waals surface area (Å²) in [4.78, 5) is 22.9. The number of rotatable bonds is 6. The Balaban J connectivity index is 2.15. The largest absolute Gasteiger partial charge is 0.493 e. The minimum Gasteiger partial charge on any atom is -0.493 e. The fraction of sp³-hybridized carbons (Fsp3) is 0.333. The second-order valence-corrected chi connectivity index (χ2v) is 6.83. The van der Waals surface area contributed by atoms with Crippen molar-refractivity contribution < 1.29 is 23.9 Å². The number of hydrogen-bond acceptors (Lipinski definition) is 7. The van der Waals surface area contributed by atoms with Gasteiger partial charge in [0, 0.05) is 24.8 Å². The number of nitro benzene ring substituents is 1. The first-order valence-corrected chi connectivity index (χ1v) is 9.21. The number of benzene rings is 2. The Bertz CT molecular complexity index is 977. The summed E-state index contributed by atoms with van der Waals surface area (Å²) < 4.78 is 16.3. The van der Waals surface area contributed by atoms with E-state index in [2.05, 4.69) is 5.10 Å². The highest BCUT2D eigenvalue weighted by Crippen LogP contribution is 2.47.